The van der Waals surface area contributed by atoms with Crippen LogP contribution in [-0.2, 0) is 22.7 Å². The van der Waals surface area contributed by atoms with Gasteiger partial charge in [0.15, 0.2) is 12.7 Å². The Hall–Kier alpha value is -3.94. The smallest absolute Gasteiger partial charge is 0.264 e. The predicted octanol–water partition coefficient (Wildman–Crippen LogP) is 4.68. The Morgan fingerprint density at radius 1 is 1.09 bits per heavy atom. The van der Waals surface area contributed by atoms with Gasteiger partial charge in [-0.05, 0) is 54.4 Å². The van der Waals surface area contributed by atoms with Crippen molar-refractivity contribution in [2.24, 2.45) is 0 Å². The van der Waals surface area contributed by atoms with Crippen molar-refractivity contribution in [3.05, 3.63) is 89.5 Å². The summed E-state index contributed by atoms with van der Waals surface area (Å²) in [6.45, 7) is 1.85. The Bertz CT molecular complexity index is 1170. The van der Waals surface area contributed by atoms with Crippen molar-refractivity contribution in [3.8, 4) is 11.5 Å². The summed E-state index contributed by atoms with van der Waals surface area (Å²) in [7, 11) is 0. The molecule has 0 fully saturated rings. The number of carbonyl (C=O) groups excluding carboxylic acids is 2. The van der Waals surface area contributed by atoms with Crippen LogP contribution >= 0.6 is 0 Å². The zero-order chi connectivity index (χ0) is 24.1. The highest BCUT2D eigenvalue weighted by Crippen LogP contribution is 2.30. The van der Waals surface area contributed by atoms with Crippen molar-refractivity contribution < 1.29 is 27.8 Å². The molecular formula is C26H24F2N2O4. The van der Waals surface area contributed by atoms with E-state index in [-0.39, 0.29) is 31.5 Å². The van der Waals surface area contributed by atoms with Gasteiger partial charge in [0.05, 0.1) is 0 Å². The van der Waals surface area contributed by atoms with E-state index >= 15 is 0 Å². The van der Waals surface area contributed by atoms with E-state index in [4.69, 9.17) is 9.47 Å². The molecule has 3 aromatic rings. The largest absolute Gasteiger partial charge is 0.484 e. The maximum atomic E-state index is 13.7. The monoisotopic (exact) mass is 466 g/mol. The molecule has 34 heavy (non-hydrogen) atoms. The van der Waals surface area contributed by atoms with Gasteiger partial charge in [0, 0.05) is 30.4 Å². The molecule has 1 aliphatic rings. The molecule has 3 aromatic carbocycles. The molecule has 1 aliphatic heterocycles. The second kappa shape index (κ2) is 10.3. The molecule has 0 bridgehead atoms. The van der Waals surface area contributed by atoms with E-state index in [1.165, 1.54) is 17.0 Å². The van der Waals surface area contributed by atoms with Gasteiger partial charge in [0.2, 0.25) is 0 Å². The molecule has 1 atom stereocenters. The number of benzene rings is 3. The van der Waals surface area contributed by atoms with E-state index in [9.17, 15) is 18.4 Å². The minimum atomic E-state index is -0.723. The molecule has 0 spiro atoms. The van der Waals surface area contributed by atoms with E-state index in [1.54, 1.807) is 30.3 Å². The Balaban J connectivity index is 1.50. The number of hydrogen-bond donors (Lipinski definition) is 1. The number of nitrogens with one attached hydrogen (secondary N) is 1. The van der Waals surface area contributed by atoms with Crippen molar-refractivity contribution in [3.63, 3.8) is 0 Å². The number of anilines is 1. The lowest BCUT2D eigenvalue weighted by Crippen LogP contribution is -2.38. The molecule has 0 saturated heterocycles. The van der Waals surface area contributed by atoms with Crippen LogP contribution in [0.15, 0.2) is 66.7 Å². The summed E-state index contributed by atoms with van der Waals surface area (Å²) in [6.07, 6.45) is -0.291. The van der Waals surface area contributed by atoms with E-state index in [0.29, 0.717) is 34.7 Å². The van der Waals surface area contributed by atoms with Crippen molar-refractivity contribution in [2.75, 3.05) is 11.9 Å². The summed E-state index contributed by atoms with van der Waals surface area (Å²) >= 11 is 0. The summed E-state index contributed by atoms with van der Waals surface area (Å²) in [5, 5.41) is 2.78. The Kier molecular flexibility index (Phi) is 7.06. The Labute approximate surface area is 196 Å². The zero-order valence-corrected chi connectivity index (χ0v) is 18.6. The number of amides is 2. The van der Waals surface area contributed by atoms with Gasteiger partial charge in [-0.15, -0.1) is 0 Å². The molecule has 0 saturated carbocycles. The fourth-order valence-electron chi connectivity index (χ4n) is 3.76. The average molecular weight is 466 g/mol. The summed E-state index contributed by atoms with van der Waals surface area (Å²) in [5.74, 6) is -0.918. The van der Waals surface area contributed by atoms with Gasteiger partial charge in [0.1, 0.15) is 23.1 Å². The highest BCUT2D eigenvalue weighted by molar-refractivity contribution is 5.92. The zero-order valence-electron chi connectivity index (χ0n) is 18.6. The van der Waals surface area contributed by atoms with Gasteiger partial charge >= 0.3 is 0 Å². The molecule has 4 rings (SSSR count). The minimum Gasteiger partial charge on any atom is -0.484 e. The molecule has 0 aromatic heterocycles. The van der Waals surface area contributed by atoms with Crippen LogP contribution in [0.1, 0.15) is 24.5 Å². The maximum Gasteiger partial charge on any atom is 0.264 e. The van der Waals surface area contributed by atoms with Crippen LogP contribution in [0.2, 0.25) is 0 Å². The molecule has 176 valence electrons. The summed E-state index contributed by atoms with van der Waals surface area (Å²) in [4.78, 5) is 26.9. The molecule has 6 nitrogen and oxygen atoms in total. The van der Waals surface area contributed by atoms with Gasteiger partial charge in [-0.2, -0.15) is 0 Å². The Morgan fingerprint density at radius 2 is 1.82 bits per heavy atom. The van der Waals surface area contributed by atoms with E-state index in [1.807, 2.05) is 25.1 Å². The molecule has 1 heterocycles. The fraction of sp³-hybridized carbons (Fsp3) is 0.231. The first-order chi connectivity index (χ1) is 16.4. The average Bonchev–Trinajstić information content (AvgIpc) is 2.94. The predicted molar refractivity (Wildman–Crippen MR) is 122 cm³/mol. The number of fused-ring (bicyclic) bond motifs is 1. The van der Waals surface area contributed by atoms with Crippen molar-refractivity contribution in [1.29, 1.82) is 0 Å². The summed E-state index contributed by atoms with van der Waals surface area (Å²) < 4.78 is 38.7. The third-order valence-corrected chi connectivity index (χ3v) is 5.34. The van der Waals surface area contributed by atoms with Gasteiger partial charge in [-0.1, -0.05) is 25.1 Å². The second-order valence-corrected chi connectivity index (χ2v) is 7.96. The first-order valence-corrected chi connectivity index (χ1v) is 10.9. The van der Waals surface area contributed by atoms with E-state index in [2.05, 4.69) is 5.32 Å². The first kappa shape index (κ1) is 23.2. The van der Waals surface area contributed by atoms with Crippen molar-refractivity contribution >= 4 is 17.5 Å². The standard InChI is InChI=1S/C26H24F2N2O4/c1-2-23-26(32)30(14-17-10-19(27)13-20(28)11-17)15-18-12-21(8-9-24(18)34-23)29-25(31)16-33-22-6-4-3-5-7-22/h3-13,23H,2,14-16H2,1H3,(H,29,31). The number of para-hydroxylation sites is 1. The quantitative estimate of drug-likeness (QED) is 0.549. The molecule has 2 amide bonds. The number of ether oxygens (including phenoxy) is 2. The molecular weight excluding hydrogens is 442 g/mol. The van der Waals surface area contributed by atoms with Crippen LogP contribution in [0.5, 0.6) is 11.5 Å². The number of rotatable bonds is 7. The van der Waals surface area contributed by atoms with E-state index in [0.717, 1.165) is 6.07 Å². The molecule has 8 heteroatoms. The lowest BCUT2D eigenvalue weighted by atomic mass is 10.1. The highest BCUT2D eigenvalue weighted by atomic mass is 19.1. The van der Waals surface area contributed by atoms with Crippen LogP contribution < -0.4 is 14.8 Å². The van der Waals surface area contributed by atoms with E-state index < -0.39 is 17.7 Å². The number of nitrogens with zero attached hydrogens (tertiary/aromatic N) is 1. The summed E-state index contributed by atoms with van der Waals surface area (Å²) in [5.41, 5.74) is 1.53. The topological polar surface area (TPSA) is 67.9 Å². The molecule has 1 N–H and O–H groups in total. The van der Waals surface area contributed by atoms with Crippen molar-refractivity contribution in [1.82, 2.24) is 4.90 Å². The van der Waals surface area contributed by atoms with Gasteiger partial charge in [-0.25, -0.2) is 8.78 Å². The van der Waals surface area contributed by atoms with Gasteiger partial charge in [-0.3, -0.25) is 9.59 Å². The SMILES string of the molecule is CCC1Oc2ccc(NC(=O)COc3ccccc3)cc2CN(Cc2cc(F)cc(F)c2)C1=O. The third-order valence-electron chi connectivity index (χ3n) is 5.34. The Morgan fingerprint density at radius 3 is 2.53 bits per heavy atom. The van der Waals surface area contributed by atoms with Crippen LogP contribution in [0.3, 0.4) is 0 Å². The maximum absolute atomic E-state index is 13.7. The van der Waals surface area contributed by atoms with Crippen molar-refractivity contribution in [2.45, 2.75) is 32.5 Å². The van der Waals surface area contributed by atoms with Crippen LogP contribution in [0, 0.1) is 11.6 Å². The number of hydrogen-bond acceptors (Lipinski definition) is 4. The minimum absolute atomic E-state index is 0.0221. The highest BCUT2D eigenvalue weighted by Gasteiger charge is 2.30. The molecule has 1 unspecified atom stereocenters. The number of halogens is 2. The second-order valence-electron chi connectivity index (χ2n) is 7.96. The fourth-order valence-corrected chi connectivity index (χ4v) is 3.76. The van der Waals surface area contributed by atoms with Crippen LogP contribution in [0.4, 0.5) is 14.5 Å². The molecule has 0 aliphatic carbocycles. The first-order valence-electron chi connectivity index (χ1n) is 10.9. The van der Waals surface area contributed by atoms with Crippen LogP contribution in [-0.4, -0.2) is 29.4 Å². The summed E-state index contributed by atoms with van der Waals surface area (Å²) in [6, 6.07) is 17.3. The third kappa shape index (κ3) is 5.70. The van der Waals surface area contributed by atoms with Gasteiger partial charge < -0.3 is 19.7 Å². The number of carbonyl (C=O) groups is 2. The lowest BCUT2D eigenvalue weighted by molar-refractivity contribution is -0.139. The van der Waals surface area contributed by atoms with Crippen LogP contribution in [0.25, 0.3) is 0 Å². The molecule has 0 radical (unpaired) electrons. The van der Waals surface area contributed by atoms with Gasteiger partial charge in [0.25, 0.3) is 11.8 Å². The normalized spacial score (nSPS) is 15.2. The lowest BCUT2D eigenvalue weighted by Gasteiger charge is -2.23.